The van der Waals surface area contributed by atoms with Gasteiger partial charge in [-0.3, -0.25) is 4.98 Å². The fourth-order valence-electron chi connectivity index (χ4n) is 3.70. The van der Waals surface area contributed by atoms with E-state index < -0.39 is 0 Å². The topological polar surface area (TPSA) is 76.7 Å². The van der Waals surface area contributed by atoms with E-state index in [-0.39, 0.29) is 18.4 Å². The monoisotopic (exact) mass is 473 g/mol. The number of pyridine rings is 1. The van der Waals surface area contributed by atoms with Crippen LogP contribution in [0.25, 0.3) is 31.8 Å². The molecule has 0 aliphatic rings. The van der Waals surface area contributed by atoms with Crippen molar-refractivity contribution in [1.82, 2.24) is 15.0 Å². The second-order valence-electron chi connectivity index (χ2n) is 7.67. The minimum atomic E-state index is -0.0346. The molecule has 3 aromatic heterocycles. The van der Waals surface area contributed by atoms with E-state index in [0.29, 0.717) is 12.5 Å². The number of hydrogen-bond acceptors (Lipinski definition) is 6. The molecule has 0 bridgehead atoms. The molecule has 33 heavy (non-hydrogen) atoms. The average Bonchev–Trinajstić information content (AvgIpc) is 3.28. The molecule has 2 aromatic carbocycles. The van der Waals surface area contributed by atoms with Crippen LogP contribution in [0.2, 0.25) is 0 Å². The summed E-state index contributed by atoms with van der Waals surface area (Å²) in [5, 5.41) is 4.54. The molecule has 0 aliphatic carbocycles. The van der Waals surface area contributed by atoms with Gasteiger partial charge in [0, 0.05) is 51.9 Å². The van der Waals surface area contributed by atoms with Crippen molar-refractivity contribution >= 4 is 39.8 Å². The van der Waals surface area contributed by atoms with Crippen molar-refractivity contribution in [2.24, 2.45) is 5.73 Å². The Morgan fingerprint density at radius 3 is 2.48 bits per heavy atom. The van der Waals surface area contributed by atoms with Gasteiger partial charge < -0.3 is 11.1 Å². The first-order valence-corrected chi connectivity index (χ1v) is 11.4. The first-order valence-electron chi connectivity index (χ1n) is 10.6. The molecule has 0 saturated carbocycles. The van der Waals surface area contributed by atoms with Crippen LogP contribution in [0.15, 0.2) is 91.4 Å². The third-order valence-electron chi connectivity index (χ3n) is 5.30. The maximum absolute atomic E-state index is 6.34. The first kappa shape index (κ1) is 22.9. The summed E-state index contributed by atoms with van der Waals surface area (Å²) in [6, 6.07) is 24.8. The van der Waals surface area contributed by atoms with Crippen LogP contribution in [0.5, 0.6) is 0 Å². The smallest absolute Gasteiger partial charge is 0.223 e. The molecule has 0 fully saturated rings. The number of anilines is 1. The van der Waals surface area contributed by atoms with Gasteiger partial charge >= 0.3 is 0 Å². The average molecular weight is 474 g/mol. The summed E-state index contributed by atoms with van der Waals surface area (Å²) in [5.74, 6) is 0.574. The lowest BCUT2D eigenvalue weighted by molar-refractivity contribution is 0.696. The number of nitrogens with two attached hydrogens (primary N) is 1. The highest BCUT2D eigenvalue weighted by Gasteiger charge is 2.15. The molecule has 1 atom stereocenters. The van der Waals surface area contributed by atoms with E-state index in [1.165, 1.54) is 15.6 Å². The largest absolute Gasteiger partial charge is 0.353 e. The second kappa shape index (κ2) is 10.5. The number of benzene rings is 2. The number of aromatic nitrogens is 3. The predicted molar refractivity (Wildman–Crippen MR) is 140 cm³/mol. The van der Waals surface area contributed by atoms with Crippen molar-refractivity contribution in [3.05, 3.63) is 97.0 Å². The summed E-state index contributed by atoms with van der Waals surface area (Å²) >= 11 is 1.75. The Bertz CT molecular complexity index is 1290. The normalized spacial score (nSPS) is 11.7. The fourth-order valence-corrected chi connectivity index (χ4v) is 4.78. The molecule has 0 aliphatic heterocycles. The van der Waals surface area contributed by atoms with Crippen LogP contribution in [-0.4, -0.2) is 27.5 Å². The number of halogens is 1. The molecular weight excluding hydrogens is 450 g/mol. The summed E-state index contributed by atoms with van der Waals surface area (Å²) in [7, 11) is 0. The van der Waals surface area contributed by atoms with Crippen molar-refractivity contribution in [3.8, 4) is 21.7 Å². The predicted octanol–water partition coefficient (Wildman–Crippen LogP) is 5.82. The zero-order chi connectivity index (χ0) is 21.8. The van der Waals surface area contributed by atoms with Gasteiger partial charge in [0.15, 0.2) is 0 Å². The van der Waals surface area contributed by atoms with Crippen LogP contribution in [0.3, 0.4) is 0 Å². The molecule has 0 radical (unpaired) electrons. The van der Waals surface area contributed by atoms with E-state index in [0.717, 1.165) is 28.1 Å². The van der Waals surface area contributed by atoms with Gasteiger partial charge in [0.05, 0.1) is 5.69 Å². The molecule has 0 unspecified atom stereocenters. The van der Waals surface area contributed by atoms with Crippen molar-refractivity contribution in [3.63, 3.8) is 0 Å². The van der Waals surface area contributed by atoms with Gasteiger partial charge in [-0.25, -0.2) is 9.97 Å². The van der Waals surface area contributed by atoms with Gasteiger partial charge in [0.1, 0.15) is 0 Å². The van der Waals surface area contributed by atoms with Gasteiger partial charge in [0.25, 0.3) is 0 Å². The van der Waals surface area contributed by atoms with Gasteiger partial charge in [-0.15, -0.1) is 23.7 Å². The van der Waals surface area contributed by atoms with Crippen LogP contribution in [0.4, 0.5) is 5.95 Å². The van der Waals surface area contributed by atoms with E-state index in [1.54, 1.807) is 23.7 Å². The van der Waals surface area contributed by atoms with Crippen molar-refractivity contribution < 1.29 is 0 Å². The minimum Gasteiger partial charge on any atom is -0.353 e. The zero-order valence-corrected chi connectivity index (χ0v) is 19.5. The van der Waals surface area contributed by atoms with Crippen molar-refractivity contribution in [2.45, 2.75) is 12.5 Å². The highest BCUT2D eigenvalue weighted by atomic mass is 35.5. The molecule has 5 aromatic rings. The molecule has 5 nitrogen and oxygen atoms in total. The van der Waals surface area contributed by atoms with Crippen molar-refractivity contribution in [1.29, 1.82) is 0 Å². The quantitative estimate of drug-likeness (QED) is 0.311. The van der Waals surface area contributed by atoms with Crippen LogP contribution in [0.1, 0.15) is 5.56 Å². The lowest BCUT2D eigenvalue weighted by atomic mass is 10.1. The van der Waals surface area contributed by atoms with Crippen LogP contribution in [-0.2, 0) is 6.42 Å². The lowest BCUT2D eigenvalue weighted by Gasteiger charge is -2.14. The van der Waals surface area contributed by atoms with E-state index in [4.69, 9.17) is 10.7 Å². The number of fused-ring (bicyclic) bond motifs is 1. The van der Waals surface area contributed by atoms with Gasteiger partial charge in [-0.2, -0.15) is 0 Å². The number of nitrogens with zero attached hydrogens (tertiary/aromatic N) is 3. The molecule has 3 N–H and O–H groups in total. The molecule has 0 amide bonds. The number of rotatable bonds is 7. The first-order chi connectivity index (χ1) is 15.8. The maximum Gasteiger partial charge on any atom is 0.223 e. The van der Waals surface area contributed by atoms with Crippen LogP contribution in [0, 0.1) is 0 Å². The van der Waals surface area contributed by atoms with Crippen LogP contribution >= 0.6 is 23.7 Å². The number of thiophene rings is 1. The second-order valence-corrected chi connectivity index (χ2v) is 8.75. The molecule has 166 valence electrons. The number of hydrogen-bond donors (Lipinski definition) is 2. The summed E-state index contributed by atoms with van der Waals surface area (Å²) in [4.78, 5) is 14.8. The summed E-state index contributed by atoms with van der Waals surface area (Å²) < 4.78 is 1.25. The third-order valence-corrected chi connectivity index (χ3v) is 6.45. The van der Waals surface area contributed by atoms with Gasteiger partial charge in [0.2, 0.25) is 5.95 Å². The maximum atomic E-state index is 6.34. The highest BCUT2D eigenvalue weighted by Crippen LogP contribution is 2.38. The number of nitrogens with one attached hydrogen (secondary N) is 1. The Balaban J connectivity index is 0.00000259. The molecule has 0 spiro atoms. The zero-order valence-electron chi connectivity index (χ0n) is 17.9. The molecule has 5 rings (SSSR count). The van der Waals surface area contributed by atoms with Crippen LogP contribution < -0.4 is 11.1 Å². The summed E-state index contributed by atoms with van der Waals surface area (Å²) in [5.41, 5.74) is 10.5. The lowest BCUT2D eigenvalue weighted by Crippen LogP contribution is -2.31. The van der Waals surface area contributed by atoms with Gasteiger partial charge in [-0.05, 0) is 41.6 Å². The van der Waals surface area contributed by atoms with E-state index >= 15 is 0 Å². The van der Waals surface area contributed by atoms with E-state index in [2.05, 4.69) is 57.7 Å². The molecular formula is C26H24ClN5S. The third kappa shape index (κ3) is 5.37. The molecule has 0 saturated heterocycles. The van der Waals surface area contributed by atoms with E-state index in [1.807, 2.05) is 36.5 Å². The van der Waals surface area contributed by atoms with Crippen molar-refractivity contribution in [2.75, 3.05) is 11.9 Å². The fraction of sp³-hybridized carbons (Fsp3) is 0.115. The standard InChI is InChI=1S/C26H23N5S.ClH/c27-21(14-18-6-2-1-3-7-18)16-29-26-30-17-22(25(31-26)19-10-12-28-13-11-19)24-15-20-8-4-5-9-23(20)32-24;/h1-13,15,17,21H,14,16,27H2,(H,29,30,31);1H/t21-;/m1./s1. The summed E-state index contributed by atoms with van der Waals surface area (Å²) in [6.45, 7) is 0.590. The van der Waals surface area contributed by atoms with Gasteiger partial charge in [-0.1, -0.05) is 48.5 Å². The summed E-state index contributed by atoms with van der Waals surface area (Å²) in [6.07, 6.45) is 6.27. The Labute approximate surface area is 203 Å². The highest BCUT2D eigenvalue weighted by molar-refractivity contribution is 7.22. The Hall–Kier alpha value is -3.32. The SMILES string of the molecule is Cl.N[C@@H](CNc1ncc(-c2cc3ccccc3s2)c(-c2ccncc2)n1)Cc1ccccc1. The minimum absolute atomic E-state index is 0. The Morgan fingerprint density at radius 2 is 1.70 bits per heavy atom. The molecule has 3 heterocycles. The Morgan fingerprint density at radius 1 is 0.939 bits per heavy atom. The molecule has 7 heteroatoms. The van der Waals surface area contributed by atoms with E-state index in [9.17, 15) is 0 Å². The Kier molecular flexibility index (Phi) is 7.29.